The number of hydrogen-bond acceptors (Lipinski definition) is 7. The van der Waals surface area contributed by atoms with Gasteiger partial charge in [-0.2, -0.15) is 4.21 Å². The summed E-state index contributed by atoms with van der Waals surface area (Å²) >= 11 is -5.47. The van der Waals surface area contributed by atoms with Crippen molar-refractivity contribution in [1.82, 2.24) is 0 Å². The molecule has 1 atom stereocenters. The Morgan fingerprint density at radius 1 is 0.875 bits per heavy atom. The predicted molar refractivity (Wildman–Crippen MR) is 35.4 cm³/mol. The summed E-state index contributed by atoms with van der Waals surface area (Å²) in [6.45, 7) is 0. The Morgan fingerprint density at radius 3 is 0.875 bits per heavy atom. The molecule has 0 aromatic heterocycles. The van der Waals surface area contributed by atoms with Crippen molar-refractivity contribution in [2.45, 2.75) is 0 Å². The van der Waals surface area contributed by atoms with Crippen LogP contribution in [0.4, 0.5) is 0 Å². The molecule has 0 radical (unpaired) electrons. The van der Waals surface area contributed by atoms with Crippen molar-refractivity contribution in [3.63, 3.8) is 0 Å². The zero-order chi connectivity index (χ0) is 11.7. The van der Waals surface area contributed by atoms with Crippen LogP contribution >= 0.6 is 0 Å². The quantitative estimate of drug-likeness (QED) is 0.166. The van der Waals surface area contributed by atoms with Crippen molar-refractivity contribution >= 4 is 33.1 Å². The van der Waals surface area contributed by atoms with Crippen molar-refractivity contribution in [2.24, 2.45) is 0 Å². The Bertz CT molecular complexity index is 216. The van der Waals surface area contributed by atoms with E-state index in [-0.39, 0.29) is 88.7 Å². The van der Waals surface area contributed by atoms with Crippen LogP contribution in [0.1, 0.15) is 0 Å². The van der Waals surface area contributed by atoms with Crippen LogP contribution in [-0.2, 0) is 33.1 Å². The van der Waals surface area contributed by atoms with Crippen LogP contribution in [0.25, 0.3) is 0 Å². The molecule has 0 heterocycles. The fraction of sp³-hybridized carbons (Fsp3) is 0. The van der Waals surface area contributed by atoms with E-state index in [2.05, 4.69) is 0 Å². The zero-order valence-corrected chi connectivity index (χ0v) is 16.9. The SMILES string of the molecule is O=S(=O)([O-])[O-].O=S(O)O.O=S([O-])O.[Na+].[Na+].[Na+]. The van der Waals surface area contributed by atoms with Gasteiger partial charge in [0.25, 0.3) is 11.4 Å². The van der Waals surface area contributed by atoms with Crippen LogP contribution < -0.4 is 88.7 Å². The molecule has 0 aliphatic rings. The average Bonchev–Trinajstić information content (AvgIpc) is 1.50. The summed E-state index contributed by atoms with van der Waals surface area (Å²) < 4.78 is 81.0. The Balaban J connectivity index is -0.0000000216. The first-order valence-corrected chi connectivity index (χ1v) is 5.14. The Hall–Kier alpha value is 3.01. The van der Waals surface area contributed by atoms with E-state index < -0.39 is 33.1 Å². The first-order valence-electron chi connectivity index (χ1n) is 1.71. The molecule has 10 nitrogen and oxygen atoms in total. The predicted octanol–water partition coefficient (Wildman–Crippen LogP) is -11.3. The minimum absolute atomic E-state index is 0. The molecule has 0 aliphatic heterocycles. The Kier molecular flexibility index (Phi) is 52.7. The molecule has 16 heavy (non-hydrogen) atoms. The maximum Gasteiger partial charge on any atom is 1.00 e. The minimum Gasteiger partial charge on any atom is -0.759 e. The number of hydrogen-bond donors (Lipinski definition) is 3. The standard InChI is InChI=1S/3Na.H2O4S.2H2O3S/c;;;1-5(2,3)4;2*1-4(2)3/h;;;(H2,1,2,3,4);2*(H2,1,2,3)/q3*+1;;;/p-3. The van der Waals surface area contributed by atoms with Crippen LogP contribution in [0.15, 0.2) is 0 Å². The van der Waals surface area contributed by atoms with Crippen LogP contribution in [0.2, 0.25) is 0 Å². The number of rotatable bonds is 0. The third-order valence-corrected chi connectivity index (χ3v) is 0. The Labute approximate surface area is 163 Å². The van der Waals surface area contributed by atoms with E-state index in [1.54, 1.807) is 0 Å². The third kappa shape index (κ3) is 481. The van der Waals surface area contributed by atoms with E-state index in [1.165, 1.54) is 0 Å². The van der Waals surface area contributed by atoms with Gasteiger partial charge in [-0.1, -0.05) is 0 Å². The van der Waals surface area contributed by atoms with Gasteiger partial charge in [-0.15, -0.1) is 0 Å². The van der Waals surface area contributed by atoms with Gasteiger partial charge in [0.2, 0.25) is 0 Å². The van der Waals surface area contributed by atoms with Gasteiger partial charge in [0.15, 0.2) is 0 Å². The normalized spacial score (nSPS) is 9.69. The van der Waals surface area contributed by atoms with Crippen LogP contribution in [0.3, 0.4) is 0 Å². The van der Waals surface area contributed by atoms with E-state index in [0.717, 1.165) is 0 Å². The molecule has 0 saturated heterocycles. The summed E-state index contributed by atoms with van der Waals surface area (Å²) in [5, 5.41) is 0. The first kappa shape index (κ1) is 36.4. The topological polar surface area (TPSA) is 198 Å². The van der Waals surface area contributed by atoms with Crippen molar-refractivity contribution in [3.8, 4) is 0 Å². The second kappa shape index (κ2) is 23.1. The molecule has 0 saturated carbocycles. The largest absolute Gasteiger partial charge is 1.00 e. The van der Waals surface area contributed by atoms with E-state index >= 15 is 0 Å². The Morgan fingerprint density at radius 2 is 0.875 bits per heavy atom. The fourth-order valence-corrected chi connectivity index (χ4v) is 0. The molecule has 0 bridgehead atoms. The maximum atomic E-state index is 8.67. The third-order valence-electron chi connectivity index (χ3n) is 0. The summed E-state index contributed by atoms with van der Waals surface area (Å²) in [4.78, 5) is 0. The van der Waals surface area contributed by atoms with Crippen molar-refractivity contribution in [3.05, 3.63) is 0 Å². The molecule has 0 aromatic rings. The van der Waals surface area contributed by atoms with Gasteiger partial charge < -0.3 is 18.2 Å². The van der Waals surface area contributed by atoms with Gasteiger partial charge in [0.05, 0.1) is 11.4 Å². The summed E-state index contributed by atoms with van der Waals surface area (Å²) in [6, 6.07) is 0. The molecule has 1 unspecified atom stereocenters. The molecule has 0 aliphatic carbocycles. The fourth-order valence-electron chi connectivity index (χ4n) is 0. The summed E-state index contributed by atoms with van der Waals surface area (Å²) in [5.74, 6) is 0. The van der Waals surface area contributed by atoms with Crippen LogP contribution in [0.5, 0.6) is 0 Å². The molecule has 16 heteroatoms. The molecule has 84 valence electrons. The zero-order valence-electron chi connectivity index (χ0n) is 8.42. The summed E-state index contributed by atoms with van der Waals surface area (Å²) in [7, 11) is -5.17. The minimum atomic E-state index is -5.17. The molecule has 0 fully saturated rings. The monoisotopic (exact) mass is 328 g/mol. The van der Waals surface area contributed by atoms with Crippen molar-refractivity contribution in [2.75, 3.05) is 0 Å². The molecule has 3 N–H and O–H groups in total. The van der Waals surface area contributed by atoms with Gasteiger partial charge >= 0.3 is 88.7 Å². The van der Waals surface area contributed by atoms with Crippen molar-refractivity contribution in [1.29, 1.82) is 0 Å². The van der Waals surface area contributed by atoms with Gasteiger partial charge in [-0.25, -0.2) is 4.21 Å². The van der Waals surface area contributed by atoms with Crippen LogP contribution in [-0.4, -0.2) is 44.2 Å². The van der Waals surface area contributed by atoms with E-state index in [1.807, 2.05) is 0 Å². The van der Waals surface area contributed by atoms with Gasteiger partial charge in [0.1, 0.15) is 0 Å². The van der Waals surface area contributed by atoms with Gasteiger partial charge in [-0.3, -0.25) is 17.5 Å². The molecular formula is H3Na3O10S3. The molecule has 0 rings (SSSR count). The van der Waals surface area contributed by atoms with Crippen molar-refractivity contribution < 1.29 is 133 Å². The summed E-state index contributed by atoms with van der Waals surface area (Å²) in [5.41, 5.74) is 0. The second-order valence-electron chi connectivity index (χ2n) is 0.856. The molecule has 0 amide bonds. The molecule has 0 aromatic carbocycles. The van der Waals surface area contributed by atoms with Gasteiger partial charge in [-0.05, 0) is 0 Å². The van der Waals surface area contributed by atoms with Crippen LogP contribution in [0, 0.1) is 0 Å². The maximum absolute atomic E-state index is 8.67. The average molecular weight is 328 g/mol. The van der Waals surface area contributed by atoms with E-state index in [0.29, 0.717) is 0 Å². The molecule has 0 spiro atoms. The first-order chi connectivity index (χ1) is 5.46. The second-order valence-corrected chi connectivity index (χ2v) is 2.57. The van der Waals surface area contributed by atoms with E-state index in [9.17, 15) is 0 Å². The van der Waals surface area contributed by atoms with Gasteiger partial charge in [0, 0.05) is 10.4 Å². The smallest absolute Gasteiger partial charge is 0.759 e. The van der Waals surface area contributed by atoms with E-state index in [4.69, 9.17) is 44.2 Å². The summed E-state index contributed by atoms with van der Waals surface area (Å²) in [6.07, 6.45) is 0. The molecular weight excluding hydrogens is 325 g/mol.